The lowest BCUT2D eigenvalue weighted by atomic mass is 9.87. The molecule has 31 heavy (non-hydrogen) atoms. The average molecular weight is 450 g/mol. The Labute approximate surface area is 180 Å². The Balaban J connectivity index is 2.07. The van der Waals surface area contributed by atoms with E-state index < -0.39 is 33.0 Å². The van der Waals surface area contributed by atoms with Crippen LogP contribution in [-0.2, 0) is 14.9 Å². The number of hydrogen-bond acceptors (Lipinski definition) is 6. The molecule has 0 amide bonds. The Kier molecular flexibility index (Phi) is 6.29. The minimum Gasteiger partial charge on any atom is -0.481 e. The summed E-state index contributed by atoms with van der Waals surface area (Å²) in [6.45, 7) is 6.27. The number of benzene rings is 1. The van der Waals surface area contributed by atoms with Crippen molar-refractivity contribution in [2.24, 2.45) is 0 Å². The monoisotopic (exact) mass is 449 g/mol. The first-order valence-corrected chi connectivity index (χ1v) is 11.7. The molecule has 2 heterocycles. The fourth-order valence-corrected chi connectivity index (χ4v) is 4.81. The van der Waals surface area contributed by atoms with Crippen LogP contribution in [0.5, 0.6) is 0 Å². The van der Waals surface area contributed by atoms with Crippen molar-refractivity contribution in [1.82, 2.24) is 0 Å². The van der Waals surface area contributed by atoms with Crippen LogP contribution in [-0.4, -0.2) is 41.9 Å². The summed E-state index contributed by atoms with van der Waals surface area (Å²) in [4.78, 5) is 24.7. The van der Waals surface area contributed by atoms with Crippen molar-refractivity contribution in [3.8, 4) is 0 Å². The summed E-state index contributed by atoms with van der Waals surface area (Å²) in [5.74, 6) is -1.34. The normalized spacial score (nSPS) is 15.6. The molecule has 2 N–H and O–H groups in total. The van der Waals surface area contributed by atoms with Gasteiger partial charge < -0.3 is 14.4 Å². The first kappa shape index (κ1) is 23.0. The number of carboxylic acid groups (broad SMARTS) is 1. The van der Waals surface area contributed by atoms with Crippen molar-refractivity contribution in [2.75, 3.05) is 17.2 Å². The van der Waals surface area contributed by atoms with Gasteiger partial charge in [-0.1, -0.05) is 12.5 Å². The molecule has 1 aromatic heterocycles. The maximum Gasteiger partial charge on any atom is 0.336 e. The van der Waals surface area contributed by atoms with Crippen LogP contribution in [0.25, 0.3) is 16.5 Å². The van der Waals surface area contributed by atoms with E-state index in [4.69, 9.17) is 9.52 Å². The van der Waals surface area contributed by atoms with Crippen LogP contribution in [0.4, 0.5) is 5.69 Å². The fourth-order valence-electron chi connectivity index (χ4n) is 4.17. The van der Waals surface area contributed by atoms with Crippen LogP contribution < -0.4 is 10.5 Å². The fraction of sp³-hybridized carbons (Fsp3) is 0.455. The highest BCUT2D eigenvalue weighted by molar-refractivity contribution is 7.86. The molecule has 0 atom stereocenters. The van der Waals surface area contributed by atoms with E-state index in [2.05, 4.69) is 4.90 Å². The number of carboxylic acids is 1. The summed E-state index contributed by atoms with van der Waals surface area (Å²) in [6.07, 6.45) is 4.01. The third kappa shape index (κ3) is 5.34. The van der Waals surface area contributed by atoms with Crippen LogP contribution in [0, 0.1) is 6.92 Å². The first-order valence-electron chi connectivity index (χ1n) is 10.1. The molecule has 1 aromatic carbocycles. The van der Waals surface area contributed by atoms with Crippen LogP contribution in [0.3, 0.4) is 0 Å². The van der Waals surface area contributed by atoms with Crippen molar-refractivity contribution < 1.29 is 27.3 Å². The topological polar surface area (TPSA) is 125 Å². The SMILES string of the molecule is Cc1cc(=O)oc2cc3c(cc12)C(CS(=O)(=O)O)=CC(C)(C)N3CCCCCC(=O)O. The number of hydrogen-bond donors (Lipinski definition) is 2. The highest BCUT2D eigenvalue weighted by Gasteiger charge is 2.34. The van der Waals surface area contributed by atoms with Gasteiger partial charge in [0.2, 0.25) is 0 Å². The number of anilines is 1. The van der Waals surface area contributed by atoms with E-state index in [1.807, 2.05) is 19.9 Å². The Hall–Kier alpha value is -2.65. The number of aliphatic carboxylic acids is 1. The molecule has 0 unspecified atom stereocenters. The van der Waals surface area contributed by atoms with E-state index in [1.165, 1.54) is 6.07 Å². The minimum absolute atomic E-state index is 0.119. The molecule has 9 heteroatoms. The number of carbonyl (C=O) groups is 1. The maximum atomic E-state index is 11.9. The second-order valence-electron chi connectivity index (χ2n) is 8.52. The maximum absolute atomic E-state index is 11.9. The molecule has 8 nitrogen and oxygen atoms in total. The molecule has 0 aliphatic carbocycles. The standard InChI is InChI=1S/C22H27NO7S/c1-14-9-21(26)30-19-11-18-17(10-16(14)19)15(13-31(27,28)29)12-22(2,3)23(18)8-6-4-5-7-20(24)25/h9-12H,4-8,13H2,1-3H3,(H,24,25)(H,27,28,29). The predicted octanol–water partition coefficient (Wildman–Crippen LogP) is 3.62. The summed E-state index contributed by atoms with van der Waals surface area (Å²) < 4.78 is 38.2. The van der Waals surface area contributed by atoms with E-state index in [-0.39, 0.29) is 6.42 Å². The van der Waals surface area contributed by atoms with Gasteiger partial charge in [-0.15, -0.1) is 0 Å². The van der Waals surface area contributed by atoms with Gasteiger partial charge >= 0.3 is 11.6 Å². The summed E-state index contributed by atoms with van der Waals surface area (Å²) in [7, 11) is -4.25. The van der Waals surface area contributed by atoms with E-state index in [0.717, 1.165) is 12.8 Å². The molecule has 0 radical (unpaired) electrons. The van der Waals surface area contributed by atoms with E-state index in [9.17, 15) is 22.6 Å². The zero-order valence-electron chi connectivity index (χ0n) is 17.8. The zero-order valence-corrected chi connectivity index (χ0v) is 18.7. The quantitative estimate of drug-likeness (QED) is 0.356. The van der Waals surface area contributed by atoms with Gasteiger partial charge in [0, 0.05) is 41.7 Å². The van der Waals surface area contributed by atoms with Crippen molar-refractivity contribution in [3.05, 3.63) is 45.8 Å². The van der Waals surface area contributed by atoms with Gasteiger partial charge in [0.1, 0.15) is 11.3 Å². The molecular weight excluding hydrogens is 422 g/mol. The molecule has 1 aliphatic rings. The highest BCUT2D eigenvalue weighted by atomic mass is 32.2. The second kappa shape index (κ2) is 8.47. The summed E-state index contributed by atoms with van der Waals surface area (Å²) >= 11 is 0. The van der Waals surface area contributed by atoms with E-state index in [1.54, 1.807) is 19.1 Å². The van der Waals surface area contributed by atoms with Gasteiger partial charge in [0.15, 0.2) is 0 Å². The van der Waals surface area contributed by atoms with Crippen molar-refractivity contribution >= 4 is 38.3 Å². The lowest BCUT2D eigenvalue weighted by Crippen LogP contribution is -2.46. The molecule has 0 fully saturated rings. The van der Waals surface area contributed by atoms with Crippen LogP contribution >= 0.6 is 0 Å². The Morgan fingerprint density at radius 3 is 2.52 bits per heavy atom. The van der Waals surface area contributed by atoms with Gasteiger partial charge in [-0.25, -0.2) is 4.79 Å². The van der Waals surface area contributed by atoms with E-state index in [0.29, 0.717) is 46.3 Å². The van der Waals surface area contributed by atoms with Gasteiger partial charge in [-0.05, 0) is 50.8 Å². The van der Waals surface area contributed by atoms with E-state index >= 15 is 0 Å². The van der Waals surface area contributed by atoms with Crippen molar-refractivity contribution in [3.63, 3.8) is 0 Å². The summed E-state index contributed by atoms with van der Waals surface area (Å²) in [5, 5.41) is 9.51. The number of aryl methyl sites for hydroxylation is 1. The molecule has 1 aliphatic heterocycles. The molecule has 2 aromatic rings. The largest absolute Gasteiger partial charge is 0.481 e. The highest BCUT2D eigenvalue weighted by Crippen LogP contribution is 2.42. The lowest BCUT2D eigenvalue weighted by Gasteiger charge is -2.43. The lowest BCUT2D eigenvalue weighted by molar-refractivity contribution is -0.137. The van der Waals surface area contributed by atoms with Gasteiger partial charge in [-0.3, -0.25) is 9.35 Å². The third-order valence-corrected chi connectivity index (χ3v) is 6.21. The summed E-state index contributed by atoms with van der Waals surface area (Å²) in [6, 6.07) is 4.93. The Morgan fingerprint density at radius 2 is 1.87 bits per heavy atom. The van der Waals surface area contributed by atoms with Gasteiger partial charge in [-0.2, -0.15) is 8.42 Å². The van der Waals surface area contributed by atoms with Crippen LogP contribution in [0.15, 0.2) is 33.5 Å². The third-order valence-electron chi connectivity index (χ3n) is 5.54. The molecule has 168 valence electrons. The predicted molar refractivity (Wildman–Crippen MR) is 119 cm³/mol. The average Bonchev–Trinajstić information content (AvgIpc) is 2.60. The van der Waals surface area contributed by atoms with Gasteiger partial charge in [0.25, 0.3) is 10.1 Å². The molecule has 0 spiro atoms. The molecule has 3 rings (SSSR count). The number of nitrogens with zero attached hydrogens (tertiary/aromatic N) is 1. The number of unbranched alkanes of at least 4 members (excludes halogenated alkanes) is 2. The van der Waals surface area contributed by atoms with Gasteiger partial charge in [0.05, 0.1) is 5.54 Å². The van der Waals surface area contributed by atoms with Crippen LogP contribution in [0.1, 0.15) is 50.7 Å². The zero-order chi connectivity index (χ0) is 23.0. The summed E-state index contributed by atoms with van der Waals surface area (Å²) in [5.41, 5.74) is 1.94. The minimum atomic E-state index is -4.25. The molecule has 0 saturated heterocycles. The van der Waals surface area contributed by atoms with Crippen molar-refractivity contribution in [2.45, 2.75) is 52.0 Å². The Bertz CT molecular complexity index is 1210. The molecule has 0 bridgehead atoms. The number of rotatable bonds is 8. The number of fused-ring (bicyclic) bond motifs is 2. The first-order chi connectivity index (χ1) is 14.4. The molecule has 0 saturated carbocycles. The van der Waals surface area contributed by atoms with Crippen LogP contribution in [0.2, 0.25) is 0 Å². The second-order valence-corrected chi connectivity index (χ2v) is 9.97. The van der Waals surface area contributed by atoms with Crippen molar-refractivity contribution in [1.29, 1.82) is 0 Å². The Morgan fingerprint density at radius 1 is 1.16 bits per heavy atom. The smallest absolute Gasteiger partial charge is 0.336 e. The molecular formula is C22H27NO7S.